The normalized spacial score (nSPS) is 12.9. The molecule has 5 heteroatoms. The predicted molar refractivity (Wildman–Crippen MR) is 69.7 cm³/mol. The molecule has 2 aromatic heterocycles. The molecule has 2 rings (SSSR count). The molecule has 2 N–H and O–H groups in total. The van der Waals surface area contributed by atoms with E-state index in [1.165, 1.54) is 0 Å². The van der Waals surface area contributed by atoms with Crippen LogP contribution in [0.3, 0.4) is 0 Å². The van der Waals surface area contributed by atoms with E-state index in [0.717, 1.165) is 17.9 Å². The van der Waals surface area contributed by atoms with Crippen molar-refractivity contribution in [1.82, 2.24) is 19.7 Å². The van der Waals surface area contributed by atoms with Gasteiger partial charge in [-0.3, -0.25) is 4.98 Å². The van der Waals surface area contributed by atoms with Crippen LogP contribution in [0, 0.1) is 5.92 Å². The standard InChI is InChI=1S/C13H19N5/c1-10(2)8-18-13(16-9-17-18)6-12(14)11-4-3-5-15-7-11/h3-5,7,9-10,12H,6,8,14H2,1-2H3. The third kappa shape index (κ3) is 3.13. The van der Waals surface area contributed by atoms with Gasteiger partial charge in [-0.25, -0.2) is 9.67 Å². The van der Waals surface area contributed by atoms with Crippen LogP contribution in [-0.4, -0.2) is 19.7 Å². The molecule has 0 spiro atoms. The van der Waals surface area contributed by atoms with Crippen LogP contribution < -0.4 is 5.73 Å². The molecule has 0 aromatic carbocycles. The number of rotatable bonds is 5. The molecule has 96 valence electrons. The number of hydrogen-bond acceptors (Lipinski definition) is 4. The van der Waals surface area contributed by atoms with Crippen LogP contribution in [0.15, 0.2) is 30.9 Å². The van der Waals surface area contributed by atoms with Crippen molar-refractivity contribution in [3.05, 3.63) is 42.2 Å². The third-order valence-electron chi connectivity index (χ3n) is 2.75. The van der Waals surface area contributed by atoms with Crippen LogP contribution in [0.2, 0.25) is 0 Å². The average Bonchev–Trinajstić information content (AvgIpc) is 2.77. The smallest absolute Gasteiger partial charge is 0.138 e. The van der Waals surface area contributed by atoms with E-state index in [-0.39, 0.29) is 6.04 Å². The van der Waals surface area contributed by atoms with Crippen LogP contribution in [0.5, 0.6) is 0 Å². The van der Waals surface area contributed by atoms with Crippen molar-refractivity contribution in [3.63, 3.8) is 0 Å². The van der Waals surface area contributed by atoms with Crippen LogP contribution in [0.1, 0.15) is 31.3 Å². The second kappa shape index (κ2) is 5.73. The number of hydrogen-bond donors (Lipinski definition) is 1. The molecule has 0 aliphatic rings. The molecule has 0 saturated heterocycles. The Morgan fingerprint density at radius 3 is 2.89 bits per heavy atom. The van der Waals surface area contributed by atoms with Gasteiger partial charge >= 0.3 is 0 Å². The molecular weight excluding hydrogens is 226 g/mol. The van der Waals surface area contributed by atoms with Gasteiger partial charge in [0.2, 0.25) is 0 Å². The second-order valence-corrected chi connectivity index (χ2v) is 4.85. The molecule has 18 heavy (non-hydrogen) atoms. The molecule has 0 aliphatic carbocycles. The minimum atomic E-state index is -0.0891. The zero-order valence-corrected chi connectivity index (χ0v) is 10.8. The van der Waals surface area contributed by atoms with Gasteiger partial charge in [-0.05, 0) is 17.5 Å². The first kappa shape index (κ1) is 12.7. The van der Waals surface area contributed by atoms with E-state index in [1.807, 2.05) is 16.8 Å². The molecule has 0 bridgehead atoms. The van der Waals surface area contributed by atoms with Crippen LogP contribution in [0.25, 0.3) is 0 Å². The SMILES string of the molecule is CC(C)Cn1ncnc1CC(N)c1cccnc1. The van der Waals surface area contributed by atoms with Gasteiger partial charge in [0, 0.05) is 31.4 Å². The fourth-order valence-corrected chi connectivity index (χ4v) is 1.85. The highest BCUT2D eigenvalue weighted by atomic mass is 15.3. The highest BCUT2D eigenvalue weighted by molar-refractivity contribution is 5.14. The highest BCUT2D eigenvalue weighted by Gasteiger charge is 2.12. The lowest BCUT2D eigenvalue weighted by molar-refractivity contribution is 0.459. The van der Waals surface area contributed by atoms with E-state index in [1.54, 1.807) is 18.7 Å². The monoisotopic (exact) mass is 245 g/mol. The summed E-state index contributed by atoms with van der Waals surface area (Å²) in [6.07, 6.45) is 5.82. The van der Waals surface area contributed by atoms with Gasteiger partial charge in [-0.15, -0.1) is 0 Å². The van der Waals surface area contributed by atoms with Crippen LogP contribution in [0.4, 0.5) is 0 Å². The van der Waals surface area contributed by atoms with Crippen molar-refractivity contribution in [2.45, 2.75) is 32.9 Å². The topological polar surface area (TPSA) is 69.6 Å². The first-order chi connectivity index (χ1) is 8.66. The summed E-state index contributed by atoms with van der Waals surface area (Å²) >= 11 is 0. The Bertz CT molecular complexity index is 477. The van der Waals surface area contributed by atoms with Gasteiger partial charge in [-0.1, -0.05) is 19.9 Å². The number of nitrogens with zero attached hydrogens (tertiary/aromatic N) is 4. The van der Waals surface area contributed by atoms with Crippen molar-refractivity contribution < 1.29 is 0 Å². The summed E-state index contributed by atoms with van der Waals surface area (Å²) in [6, 6.07) is 3.79. The van der Waals surface area contributed by atoms with E-state index >= 15 is 0 Å². The maximum absolute atomic E-state index is 6.16. The van der Waals surface area contributed by atoms with E-state index < -0.39 is 0 Å². The molecule has 0 fully saturated rings. The third-order valence-corrected chi connectivity index (χ3v) is 2.75. The number of pyridine rings is 1. The lowest BCUT2D eigenvalue weighted by atomic mass is 10.1. The minimum Gasteiger partial charge on any atom is -0.324 e. The first-order valence-electron chi connectivity index (χ1n) is 6.19. The quantitative estimate of drug-likeness (QED) is 0.868. The fraction of sp³-hybridized carbons (Fsp3) is 0.462. The van der Waals surface area contributed by atoms with Gasteiger partial charge < -0.3 is 5.73 Å². The predicted octanol–water partition coefficient (Wildman–Crippen LogP) is 1.57. The van der Waals surface area contributed by atoms with E-state index in [4.69, 9.17) is 5.73 Å². The first-order valence-corrected chi connectivity index (χ1v) is 6.19. The van der Waals surface area contributed by atoms with Crippen molar-refractivity contribution in [2.75, 3.05) is 0 Å². The molecule has 0 radical (unpaired) electrons. The van der Waals surface area contributed by atoms with Gasteiger partial charge in [0.25, 0.3) is 0 Å². The number of nitrogens with two attached hydrogens (primary N) is 1. The Morgan fingerprint density at radius 1 is 1.39 bits per heavy atom. The van der Waals surface area contributed by atoms with Crippen LogP contribution in [-0.2, 0) is 13.0 Å². The maximum Gasteiger partial charge on any atom is 0.138 e. The van der Waals surface area contributed by atoms with Crippen molar-refractivity contribution in [1.29, 1.82) is 0 Å². The summed E-state index contributed by atoms with van der Waals surface area (Å²) in [5.41, 5.74) is 7.19. The summed E-state index contributed by atoms with van der Waals surface area (Å²) in [7, 11) is 0. The Labute approximate surface area is 107 Å². The zero-order valence-electron chi connectivity index (χ0n) is 10.8. The van der Waals surface area contributed by atoms with E-state index in [9.17, 15) is 0 Å². The van der Waals surface area contributed by atoms with E-state index in [2.05, 4.69) is 28.9 Å². The highest BCUT2D eigenvalue weighted by Crippen LogP contribution is 2.13. The fourth-order valence-electron chi connectivity index (χ4n) is 1.85. The van der Waals surface area contributed by atoms with Crippen molar-refractivity contribution in [2.24, 2.45) is 11.7 Å². The molecule has 2 heterocycles. The maximum atomic E-state index is 6.16. The molecule has 0 saturated carbocycles. The van der Waals surface area contributed by atoms with E-state index in [0.29, 0.717) is 12.3 Å². The molecule has 0 amide bonds. The van der Waals surface area contributed by atoms with Gasteiger partial charge in [-0.2, -0.15) is 5.10 Å². The Balaban J connectivity index is 2.08. The van der Waals surface area contributed by atoms with Crippen LogP contribution >= 0.6 is 0 Å². The minimum absolute atomic E-state index is 0.0891. The van der Waals surface area contributed by atoms with Gasteiger partial charge in [0.1, 0.15) is 12.2 Å². The molecule has 2 aromatic rings. The summed E-state index contributed by atoms with van der Waals surface area (Å²) in [5.74, 6) is 1.47. The molecule has 1 unspecified atom stereocenters. The Morgan fingerprint density at radius 2 is 2.22 bits per heavy atom. The summed E-state index contributed by atoms with van der Waals surface area (Å²) < 4.78 is 1.93. The molecule has 1 atom stereocenters. The molecule has 0 aliphatic heterocycles. The largest absolute Gasteiger partial charge is 0.324 e. The Kier molecular flexibility index (Phi) is 4.04. The lowest BCUT2D eigenvalue weighted by Crippen LogP contribution is -2.18. The lowest BCUT2D eigenvalue weighted by Gasteiger charge is -2.13. The molecular formula is C13H19N5. The Hall–Kier alpha value is -1.75. The number of aromatic nitrogens is 4. The van der Waals surface area contributed by atoms with Gasteiger partial charge in [0.15, 0.2) is 0 Å². The zero-order chi connectivity index (χ0) is 13.0. The molecule has 5 nitrogen and oxygen atoms in total. The summed E-state index contributed by atoms with van der Waals surface area (Å²) in [4.78, 5) is 8.37. The van der Waals surface area contributed by atoms with Crippen molar-refractivity contribution in [3.8, 4) is 0 Å². The second-order valence-electron chi connectivity index (χ2n) is 4.85. The summed E-state index contributed by atoms with van der Waals surface area (Å²) in [5, 5.41) is 4.24. The summed E-state index contributed by atoms with van der Waals surface area (Å²) in [6.45, 7) is 5.19. The van der Waals surface area contributed by atoms with Crippen molar-refractivity contribution >= 4 is 0 Å². The van der Waals surface area contributed by atoms with Gasteiger partial charge in [0.05, 0.1) is 0 Å². The average molecular weight is 245 g/mol.